The van der Waals surface area contributed by atoms with E-state index in [1.165, 1.54) is 12.3 Å². The minimum Gasteiger partial charge on any atom is -0.363 e. The monoisotopic (exact) mass is 340 g/mol. The molecule has 0 spiro atoms. The van der Waals surface area contributed by atoms with Crippen LogP contribution >= 0.6 is 23.2 Å². The molecule has 0 aromatic carbocycles. The molecule has 6 nitrogen and oxygen atoms in total. The number of carbonyl (C=O) groups excluding carboxylic acids is 2. The average Bonchev–Trinajstić information content (AvgIpc) is 2.71. The lowest BCUT2D eigenvalue weighted by Gasteiger charge is -2.33. The van der Waals surface area contributed by atoms with Crippen molar-refractivity contribution in [2.75, 3.05) is 24.5 Å². The van der Waals surface area contributed by atoms with E-state index in [9.17, 15) is 9.59 Å². The van der Waals surface area contributed by atoms with Gasteiger partial charge in [0.15, 0.2) is 0 Å². The Labute approximate surface area is 137 Å². The summed E-state index contributed by atoms with van der Waals surface area (Å²) in [4.78, 5) is 31.8. The molecule has 0 aliphatic carbocycles. The number of piperazine rings is 1. The molecule has 3 heterocycles. The molecular formula is C14H14Cl2N4O2. The van der Waals surface area contributed by atoms with E-state index in [0.29, 0.717) is 18.8 Å². The molecule has 2 aliphatic rings. The molecule has 22 heavy (non-hydrogen) atoms. The van der Waals surface area contributed by atoms with Crippen molar-refractivity contribution in [1.29, 1.82) is 0 Å². The second-order valence-corrected chi connectivity index (χ2v) is 6.01. The van der Waals surface area contributed by atoms with Gasteiger partial charge in [-0.1, -0.05) is 23.2 Å². The van der Waals surface area contributed by atoms with Gasteiger partial charge in [0.25, 0.3) is 11.8 Å². The SMILES string of the molecule is C[C@H]1CN(C2=C(Cl)C(=O)N(c3ccc(Cl)nc3)C2=O)CCN1. The maximum atomic E-state index is 12.7. The number of amides is 2. The highest BCUT2D eigenvalue weighted by Crippen LogP contribution is 2.31. The van der Waals surface area contributed by atoms with Gasteiger partial charge in [0.2, 0.25) is 0 Å². The van der Waals surface area contributed by atoms with E-state index in [0.717, 1.165) is 11.4 Å². The minimum absolute atomic E-state index is 0.0472. The van der Waals surface area contributed by atoms with Gasteiger partial charge < -0.3 is 10.2 Å². The molecule has 1 aromatic rings. The van der Waals surface area contributed by atoms with Gasteiger partial charge in [-0.2, -0.15) is 0 Å². The van der Waals surface area contributed by atoms with E-state index in [1.54, 1.807) is 6.07 Å². The van der Waals surface area contributed by atoms with Gasteiger partial charge >= 0.3 is 0 Å². The molecule has 1 aromatic heterocycles. The fraction of sp³-hybridized carbons (Fsp3) is 0.357. The highest BCUT2D eigenvalue weighted by Gasteiger charge is 2.42. The number of pyridine rings is 1. The van der Waals surface area contributed by atoms with Crippen LogP contribution in [-0.2, 0) is 9.59 Å². The highest BCUT2D eigenvalue weighted by atomic mass is 35.5. The average molecular weight is 341 g/mol. The van der Waals surface area contributed by atoms with Crippen molar-refractivity contribution in [3.05, 3.63) is 34.2 Å². The molecule has 8 heteroatoms. The maximum absolute atomic E-state index is 12.7. The number of nitrogens with one attached hydrogen (secondary N) is 1. The van der Waals surface area contributed by atoms with Crippen LogP contribution in [0.3, 0.4) is 0 Å². The molecule has 0 radical (unpaired) electrons. The summed E-state index contributed by atoms with van der Waals surface area (Å²) in [7, 11) is 0. The topological polar surface area (TPSA) is 65.5 Å². The number of carbonyl (C=O) groups is 2. The standard InChI is InChI=1S/C14H14Cl2N4O2/c1-8-7-19(5-4-17-8)12-11(16)13(21)20(14(12)22)9-2-3-10(15)18-6-9/h2-3,6,8,17H,4-5,7H2,1H3/t8-/m0/s1. The Morgan fingerprint density at radius 1 is 1.27 bits per heavy atom. The molecule has 1 fully saturated rings. The van der Waals surface area contributed by atoms with Gasteiger partial charge in [-0.3, -0.25) is 9.59 Å². The number of rotatable bonds is 2. The number of anilines is 1. The largest absolute Gasteiger partial charge is 0.363 e. The second-order valence-electron chi connectivity index (χ2n) is 5.25. The van der Waals surface area contributed by atoms with E-state index in [4.69, 9.17) is 23.2 Å². The van der Waals surface area contributed by atoms with E-state index >= 15 is 0 Å². The zero-order valence-corrected chi connectivity index (χ0v) is 13.4. The Morgan fingerprint density at radius 3 is 2.68 bits per heavy atom. The number of imide groups is 1. The summed E-state index contributed by atoms with van der Waals surface area (Å²) in [6.07, 6.45) is 1.38. The molecule has 0 bridgehead atoms. The van der Waals surface area contributed by atoms with Gasteiger partial charge in [0.1, 0.15) is 15.9 Å². The van der Waals surface area contributed by atoms with Crippen LogP contribution in [0.15, 0.2) is 29.1 Å². The Bertz CT molecular complexity index is 659. The van der Waals surface area contributed by atoms with E-state index in [1.807, 2.05) is 11.8 Å². The zero-order chi connectivity index (χ0) is 15.9. The van der Waals surface area contributed by atoms with E-state index < -0.39 is 11.8 Å². The first-order valence-electron chi connectivity index (χ1n) is 6.87. The number of halogens is 2. The van der Waals surface area contributed by atoms with Crippen molar-refractivity contribution in [2.45, 2.75) is 13.0 Å². The Kier molecular flexibility index (Phi) is 4.08. The van der Waals surface area contributed by atoms with Crippen LogP contribution < -0.4 is 10.2 Å². The zero-order valence-electron chi connectivity index (χ0n) is 11.8. The van der Waals surface area contributed by atoms with Crippen molar-refractivity contribution in [3.8, 4) is 0 Å². The van der Waals surface area contributed by atoms with Crippen LogP contribution in [0.4, 0.5) is 5.69 Å². The molecule has 1 N–H and O–H groups in total. The van der Waals surface area contributed by atoms with Crippen LogP contribution in [0.5, 0.6) is 0 Å². The lowest BCUT2D eigenvalue weighted by molar-refractivity contribution is -0.121. The normalized spacial score (nSPS) is 22.8. The highest BCUT2D eigenvalue weighted by molar-refractivity contribution is 6.52. The van der Waals surface area contributed by atoms with Gasteiger partial charge in [-0.05, 0) is 19.1 Å². The fourth-order valence-corrected chi connectivity index (χ4v) is 3.03. The third-order valence-electron chi connectivity index (χ3n) is 3.66. The molecule has 3 rings (SSSR count). The van der Waals surface area contributed by atoms with Gasteiger partial charge in [-0.15, -0.1) is 0 Å². The van der Waals surface area contributed by atoms with Crippen molar-refractivity contribution < 1.29 is 9.59 Å². The molecule has 1 atom stereocenters. The first-order valence-corrected chi connectivity index (χ1v) is 7.63. The lowest BCUT2D eigenvalue weighted by atomic mass is 10.2. The van der Waals surface area contributed by atoms with Crippen molar-refractivity contribution in [2.24, 2.45) is 0 Å². The summed E-state index contributed by atoms with van der Waals surface area (Å²) in [6.45, 7) is 4.00. The summed E-state index contributed by atoms with van der Waals surface area (Å²) >= 11 is 11.9. The molecule has 1 saturated heterocycles. The number of hydrogen-bond acceptors (Lipinski definition) is 5. The van der Waals surface area contributed by atoms with Crippen LogP contribution in [0.2, 0.25) is 5.15 Å². The van der Waals surface area contributed by atoms with Gasteiger partial charge in [-0.25, -0.2) is 9.88 Å². The molecule has 0 saturated carbocycles. The van der Waals surface area contributed by atoms with Crippen LogP contribution in [0.1, 0.15) is 6.92 Å². The summed E-state index contributed by atoms with van der Waals surface area (Å²) in [5.41, 5.74) is 0.616. The first-order chi connectivity index (χ1) is 10.5. The summed E-state index contributed by atoms with van der Waals surface area (Å²) < 4.78 is 0. The van der Waals surface area contributed by atoms with Crippen LogP contribution in [0.25, 0.3) is 0 Å². The number of nitrogens with zero attached hydrogens (tertiary/aromatic N) is 3. The molecule has 116 valence electrons. The molecular weight excluding hydrogens is 327 g/mol. The fourth-order valence-electron chi connectivity index (χ4n) is 2.64. The summed E-state index contributed by atoms with van der Waals surface area (Å²) in [5, 5.41) is 3.53. The molecule has 0 unspecified atom stereocenters. The number of aromatic nitrogens is 1. The van der Waals surface area contributed by atoms with Gasteiger partial charge in [0, 0.05) is 25.7 Å². The quantitative estimate of drug-likeness (QED) is 0.650. The molecule has 2 aliphatic heterocycles. The van der Waals surface area contributed by atoms with Crippen LogP contribution in [0, 0.1) is 0 Å². The third kappa shape index (κ3) is 2.58. The van der Waals surface area contributed by atoms with Crippen molar-refractivity contribution >= 4 is 40.7 Å². The van der Waals surface area contributed by atoms with Crippen LogP contribution in [-0.4, -0.2) is 47.4 Å². The molecule has 2 amide bonds. The second kappa shape index (κ2) is 5.87. The Morgan fingerprint density at radius 2 is 2.05 bits per heavy atom. The van der Waals surface area contributed by atoms with Gasteiger partial charge in [0.05, 0.1) is 11.9 Å². The summed E-state index contributed by atoms with van der Waals surface area (Å²) in [6, 6.07) is 3.31. The lowest BCUT2D eigenvalue weighted by Crippen LogP contribution is -2.50. The first kappa shape index (κ1) is 15.3. The number of hydrogen-bond donors (Lipinski definition) is 1. The predicted molar refractivity (Wildman–Crippen MR) is 83.7 cm³/mol. The van der Waals surface area contributed by atoms with Crippen molar-refractivity contribution in [1.82, 2.24) is 15.2 Å². The predicted octanol–water partition coefficient (Wildman–Crippen LogP) is 1.35. The third-order valence-corrected chi connectivity index (χ3v) is 4.22. The maximum Gasteiger partial charge on any atom is 0.283 e. The Balaban J connectivity index is 1.91. The Hall–Kier alpha value is -1.63. The van der Waals surface area contributed by atoms with E-state index in [-0.39, 0.29) is 21.9 Å². The minimum atomic E-state index is -0.531. The van der Waals surface area contributed by atoms with Crippen molar-refractivity contribution in [3.63, 3.8) is 0 Å². The summed E-state index contributed by atoms with van der Waals surface area (Å²) in [5.74, 6) is -0.954. The van der Waals surface area contributed by atoms with E-state index in [2.05, 4.69) is 10.3 Å². The smallest absolute Gasteiger partial charge is 0.283 e.